The standard InChI is InChI=1S/C22H23N3O3/c1-14-5-3-6-16(13-14)25-21(26)18-19(15-7-9-17(28-2)10-8-15)23-11-4-12-24(23)20(18)22(25)27/h3,5-10,13,18-20H,4,11-12H2,1-2H3/t18-,19+,20+/m0/s1. The Kier molecular flexibility index (Phi) is 4.00. The van der Waals surface area contributed by atoms with E-state index in [0.717, 1.165) is 36.4 Å². The molecule has 28 heavy (non-hydrogen) atoms. The molecule has 0 aromatic heterocycles. The number of nitrogens with zero attached hydrogens (tertiary/aromatic N) is 3. The summed E-state index contributed by atoms with van der Waals surface area (Å²) in [6.45, 7) is 3.65. The number of fused-ring (bicyclic) bond motifs is 3. The summed E-state index contributed by atoms with van der Waals surface area (Å²) >= 11 is 0. The van der Waals surface area contributed by atoms with Gasteiger partial charge in [0.05, 0.1) is 24.8 Å². The van der Waals surface area contributed by atoms with Gasteiger partial charge in [-0.3, -0.25) is 9.59 Å². The van der Waals surface area contributed by atoms with Crippen LogP contribution in [0.15, 0.2) is 48.5 Å². The number of aryl methyl sites for hydroxylation is 1. The molecule has 0 bridgehead atoms. The maximum atomic E-state index is 13.5. The van der Waals surface area contributed by atoms with Gasteiger partial charge in [-0.1, -0.05) is 24.3 Å². The van der Waals surface area contributed by atoms with Crippen LogP contribution >= 0.6 is 0 Å². The molecule has 2 aromatic rings. The number of anilines is 1. The summed E-state index contributed by atoms with van der Waals surface area (Å²) in [6, 6.07) is 14.9. The van der Waals surface area contributed by atoms with Gasteiger partial charge in [0.2, 0.25) is 5.91 Å². The summed E-state index contributed by atoms with van der Waals surface area (Å²) in [5, 5.41) is 4.34. The van der Waals surface area contributed by atoms with Gasteiger partial charge in [-0.2, -0.15) is 0 Å². The molecular formula is C22H23N3O3. The highest BCUT2D eigenvalue weighted by atomic mass is 16.5. The molecule has 6 nitrogen and oxygen atoms in total. The van der Waals surface area contributed by atoms with Crippen LogP contribution in [-0.2, 0) is 9.59 Å². The number of hydrogen-bond donors (Lipinski definition) is 0. The maximum absolute atomic E-state index is 13.5. The second kappa shape index (κ2) is 6.43. The number of carbonyl (C=O) groups excluding carboxylic acids is 2. The van der Waals surface area contributed by atoms with Crippen LogP contribution < -0.4 is 9.64 Å². The highest BCUT2D eigenvalue weighted by Gasteiger charge is 2.62. The quantitative estimate of drug-likeness (QED) is 0.770. The van der Waals surface area contributed by atoms with Crippen LogP contribution in [0.25, 0.3) is 0 Å². The van der Waals surface area contributed by atoms with E-state index < -0.39 is 6.04 Å². The third kappa shape index (κ3) is 2.41. The number of ether oxygens (including phenoxy) is 1. The van der Waals surface area contributed by atoms with Crippen molar-refractivity contribution in [1.82, 2.24) is 10.0 Å². The number of benzene rings is 2. The van der Waals surface area contributed by atoms with Crippen molar-refractivity contribution in [3.05, 3.63) is 59.7 Å². The molecule has 3 heterocycles. The average molecular weight is 377 g/mol. The van der Waals surface area contributed by atoms with Gasteiger partial charge >= 0.3 is 0 Å². The number of amides is 2. The van der Waals surface area contributed by atoms with Crippen molar-refractivity contribution in [3.8, 4) is 5.75 Å². The summed E-state index contributed by atoms with van der Waals surface area (Å²) in [4.78, 5) is 28.2. The van der Waals surface area contributed by atoms with E-state index in [1.54, 1.807) is 7.11 Å². The van der Waals surface area contributed by atoms with Crippen LogP contribution in [0.5, 0.6) is 5.75 Å². The first-order valence-electron chi connectivity index (χ1n) is 9.72. The minimum Gasteiger partial charge on any atom is -0.497 e. The maximum Gasteiger partial charge on any atom is 0.253 e. The molecule has 3 fully saturated rings. The Bertz CT molecular complexity index is 942. The molecule has 2 amide bonds. The van der Waals surface area contributed by atoms with Gasteiger partial charge in [0.25, 0.3) is 5.91 Å². The van der Waals surface area contributed by atoms with E-state index in [1.165, 1.54) is 4.90 Å². The zero-order valence-electron chi connectivity index (χ0n) is 16.0. The Balaban J connectivity index is 1.56. The molecule has 0 unspecified atom stereocenters. The largest absolute Gasteiger partial charge is 0.497 e. The lowest BCUT2D eigenvalue weighted by atomic mass is 9.90. The molecule has 3 atom stereocenters. The topological polar surface area (TPSA) is 53.1 Å². The molecular weight excluding hydrogens is 354 g/mol. The van der Waals surface area contributed by atoms with Crippen LogP contribution in [0.4, 0.5) is 5.69 Å². The fourth-order valence-corrected chi connectivity index (χ4v) is 4.94. The number of imide groups is 1. The van der Waals surface area contributed by atoms with Gasteiger partial charge in [0.15, 0.2) is 0 Å². The second-order valence-corrected chi connectivity index (χ2v) is 7.72. The van der Waals surface area contributed by atoms with Crippen molar-refractivity contribution >= 4 is 17.5 Å². The first kappa shape index (κ1) is 17.4. The number of carbonyl (C=O) groups is 2. The molecule has 0 N–H and O–H groups in total. The van der Waals surface area contributed by atoms with Crippen molar-refractivity contribution in [3.63, 3.8) is 0 Å². The van der Waals surface area contributed by atoms with Crippen molar-refractivity contribution in [2.45, 2.75) is 25.4 Å². The summed E-state index contributed by atoms with van der Waals surface area (Å²) in [5.41, 5.74) is 2.75. The lowest BCUT2D eigenvalue weighted by Gasteiger charge is -2.29. The minimum atomic E-state index is -0.414. The lowest BCUT2D eigenvalue weighted by molar-refractivity contribution is -0.126. The van der Waals surface area contributed by atoms with Gasteiger partial charge < -0.3 is 4.74 Å². The zero-order valence-corrected chi connectivity index (χ0v) is 16.0. The van der Waals surface area contributed by atoms with E-state index in [9.17, 15) is 9.59 Å². The molecule has 0 aliphatic carbocycles. The monoisotopic (exact) mass is 377 g/mol. The van der Waals surface area contributed by atoms with Crippen LogP contribution in [0.1, 0.15) is 23.6 Å². The summed E-state index contributed by atoms with van der Waals surface area (Å²) in [5.74, 6) is 0.188. The second-order valence-electron chi connectivity index (χ2n) is 7.72. The molecule has 0 radical (unpaired) electrons. The summed E-state index contributed by atoms with van der Waals surface area (Å²) in [6.07, 6.45) is 1.00. The molecule has 3 saturated heterocycles. The van der Waals surface area contributed by atoms with E-state index in [-0.39, 0.29) is 23.8 Å². The Morgan fingerprint density at radius 1 is 0.929 bits per heavy atom. The zero-order chi connectivity index (χ0) is 19.4. The average Bonchev–Trinajstić information content (AvgIpc) is 3.34. The highest BCUT2D eigenvalue weighted by molar-refractivity contribution is 6.24. The Morgan fingerprint density at radius 2 is 1.64 bits per heavy atom. The van der Waals surface area contributed by atoms with Crippen molar-refractivity contribution in [1.29, 1.82) is 0 Å². The fraction of sp³-hybridized carbons (Fsp3) is 0.364. The third-order valence-corrected chi connectivity index (χ3v) is 6.12. The van der Waals surface area contributed by atoms with Crippen molar-refractivity contribution < 1.29 is 14.3 Å². The Morgan fingerprint density at radius 3 is 2.32 bits per heavy atom. The van der Waals surface area contributed by atoms with Crippen LogP contribution in [-0.4, -0.2) is 48.1 Å². The Hall–Kier alpha value is -2.70. The van der Waals surface area contributed by atoms with Crippen molar-refractivity contribution in [2.75, 3.05) is 25.1 Å². The van der Waals surface area contributed by atoms with Crippen LogP contribution in [0.3, 0.4) is 0 Å². The predicted octanol–water partition coefficient (Wildman–Crippen LogP) is 2.54. The highest BCUT2D eigenvalue weighted by Crippen LogP contribution is 2.49. The summed E-state index contributed by atoms with van der Waals surface area (Å²) < 4.78 is 5.28. The fourth-order valence-electron chi connectivity index (χ4n) is 4.94. The number of hydrazine groups is 1. The third-order valence-electron chi connectivity index (χ3n) is 6.12. The van der Waals surface area contributed by atoms with Gasteiger partial charge in [-0.15, -0.1) is 0 Å². The molecule has 2 aromatic carbocycles. The molecule has 0 saturated carbocycles. The normalized spacial score (nSPS) is 27.4. The van der Waals surface area contributed by atoms with Crippen molar-refractivity contribution in [2.24, 2.45) is 5.92 Å². The SMILES string of the molecule is COc1ccc([C@@H]2[C@@H]3C(=O)N(c4cccc(C)c4)C(=O)[C@@H]3N3CCCN23)cc1. The number of methoxy groups -OCH3 is 1. The van der Waals surface area contributed by atoms with E-state index in [2.05, 4.69) is 10.0 Å². The lowest BCUT2D eigenvalue weighted by Crippen LogP contribution is -2.44. The minimum absolute atomic E-state index is 0.101. The van der Waals surface area contributed by atoms with E-state index in [0.29, 0.717) is 5.69 Å². The van der Waals surface area contributed by atoms with E-state index in [4.69, 9.17) is 4.74 Å². The molecule has 3 aliphatic heterocycles. The van der Waals surface area contributed by atoms with E-state index in [1.807, 2.05) is 55.5 Å². The van der Waals surface area contributed by atoms with Gasteiger partial charge in [-0.25, -0.2) is 14.9 Å². The smallest absolute Gasteiger partial charge is 0.253 e. The van der Waals surface area contributed by atoms with E-state index >= 15 is 0 Å². The van der Waals surface area contributed by atoms with Crippen LogP contribution in [0, 0.1) is 12.8 Å². The number of rotatable bonds is 3. The predicted molar refractivity (Wildman–Crippen MR) is 105 cm³/mol. The molecule has 0 spiro atoms. The number of hydrogen-bond acceptors (Lipinski definition) is 5. The molecule has 144 valence electrons. The first-order valence-corrected chi connectivity index (χ1v) is 9.72. The summed E-state index contributed by atoms with van der Waals surface area (Å²) in [7, 11) is 1.64. The Labute approximate surface area is 164 Å². The molecule has 5 rings (SSSR count). The molecule has 3 aliphatic rings. The van der Waals surface area contributed by atoms with Gasteiger partial charge in [0, 0.05) is 13.1 Å². The molecule has 6 heteroatoms. The first-order chi connectivity index (χ1) is 13.6. The van der Waals surface area contributed by atoms with Gasteiger partial charge in [-0.05, 0) is 48.7 Å². The van der Waals surface area contributed by atoms with Gasteiger partial charge in [0.1, 0.15) is 11.8 Å². The van der Waals surface area contributed by atoms with Crippen LogP contribution in [0.2, 0.25) is 0 Å².